The molecule has 0 bridgehead atoms. The Labute approximate surface area is 164 Å². The normalized spacial score (nSPS) is 10.8. The number of fused-ring (bicyclic) bond motifs is 1. The SMILES string of the molecule is Cc1cc(C)cc(C(=O)Nc2ncc(Cc3ccncc3)c3ccccc23)c1. The third kappa shape index (κ3) is 3.76. The van der Waals surface area contributed by atoms with Gasteiger partial charge >= 0.3 is 0 Å². The third-order valence-electron chi connectivity index (χ3n) is 4.74. The van der Waals surface area contributed by atoms with E-state index in [2.05, 4.69) is 27.4 Å². The van der Waals surface area contributed by atoms with E-state index in [1.165, 1.54) is 5.56 Å². The lowest BCUT2D eigenvalue weighted by molar-refractivity contribution is 0.102. The summed E-state index contributed by atoms with van der Waals surface area (Å²) in [5.74, 6) is 0.435. The Bertz CT molecular complexity index is 1130. The second-order valence-electron chi connectivity index (χ2n) is 7.04. The molecular formula is C24H21N3O. The van der Waals surface area contributed by atoms with Crippen LogP contribution in [0.25, 0.3) is 10.8 Å². The molecule has 28 heavy (non-hydrogen) atoms. The fraction of sp³-hybridized carbons (Fsp3) is 0.125. The molecule has 0 fully saturated rings. The van der Waals surface area contributed by atoms with E-state index < -0.39 is 0 Å². The molecule has 0 saturated carbocycles. The monoisotopic (exact) mass is 367 g/mol. The average Bonchev–Trinajstić information content (AvgIpc) is 2.70. The first-order chi connectivity index (χ1) is 13.6. The summed E-state index contributed by atoms with van der Waals surface area (Å²) >= 11 is 0. The number of amides is 1. The van der Waals surface area contributed by atoms with Crippen molar-refractivity contribution in [3.8, 4) is 0 Å². The first kappa shape index (κ1) is 17.9. The van der Waals surface area contributed by atoms with Gasteiger partial charge in [-0.05, 0) is 61.0 Å². The van der Waals surface area contributed by atoms with Crippen molar-refractivity contribution in [2.75, 3.05) is 5.32 Å². The van der Waals surface area contributed by atoms with Crippen molar-refractivity contribution in [1.29, 1.82) is 0 Å². The third-order valence-corrected chi connectivity index (χ3v) is 4.74. The van der Waals surface area contributed by atoms with Crippen molar-refractivity contribution >= 4 is 22.5 Å². The van der Waals surface area contributed by atoms with Gasteiger partial charge in [-0.25, -0.2) is 4.98 Å². The summed E-state index contributed by atoms with van der Waals surface area (Å²) < 4.78 is 0. The fourth-order valence-electron chi connectivity index (χ4n) is 3.50. The summed E-state index contributed by atoms with van der Waals surface area (Å²) in [5, 5.41) is 5.01. The van der Waals surface area contributed by atoms with Crippen LogP contribution in [0.1, 0.15) is 32.6 Å². The first-order valence-corrected chi connectivity index (χ1v) is 9.25. The molecule has 0 radical (unpaired) electrons. The van der Waals surface area contributed by atoms with E-state index in [0.717, 1.165) is 33.9 Å². The molecule has 2 aromatic heterocycles. The number of anilines is 1. The Kier molecular flexibility index (Phi) is 4.85. The van der Waals surface area contributed by atoms with E-state index in [9.17, 15) is 4.79 Å². The number of hydrogen-bond acceptors (Lipinski definition) is 3. The van der Waals surface area contributed by atoms with E-state index in [1.807, 2.05) is 62.5 Å². The molecular weight excluding hydrogens is 346 g/mol. The molecule has 0 atom stereocenters. The number of benzene rings is 2. The first-order valence-electron chi connectivity index (χ1n) is 9.25. The number of nitrogens with one attached hydrogen (secondary N) is 1. The lowest BCUT2D eigenvalue weighted by Gasteiger charge is -2.12. The van der Waals surface area contributed by atoms with Gasteiger partial charge in [0.1, 0.15) is 5.82 Å². The largest absolute Gasteiger partial charge is 0.306 e. The number of aromatic nitrogens is 2. The summed E-state index contributed by atoms with van der Waals surface area (Å²) in [6.45, 7) is 3.98. The second-order valence-corrected chi connectivity index (χ2v) is 7.04. The summed E-state index contributed by atoms with van der Waals surface area (Å²) in [7, 11) is 0. The van der Waals surface area contributed by atoms with Gasteiger partial charge in [0.2, 0.25) is 0 Å². The summed E-state index contributed by atoms with van der Waals surface area (Å²) in [5.41, 5.74) is 5.07. The van der Waals surface area contributed by atoms with E-state index in [0.29, 0.717) is 11.4 Å². The Morgan fingerprint density at radius 1 is 0.929 bits per heavy atom. The van der Waals surface area contributed by atoms with Gasteiger partial charge in [-0.15, -0.1) is 0 Å². The molecule has 0 saturated heterocycles. The summed E-state index contributed by atoms with van der Waals surface area (Å²) in [6, 6.07) is 17.9. The lowest BCUT2D eigenvalue weighted by atomic mass is 10.0. The fourth-order valence-corrected chi connectivity index (χ4v) is 3.50. The summed E-state index contributed by atoms with van der Waals surface area (Å²) in [6.07, 6.45) is 6.20. The minimum atomic E-state index is -0.147. The molecule has 0 aliphatic rings. The van der Waals surface area contributed by atoms with E-state index in [1.54, 1.807) is 12.4 Å². The number of rotatable bonds is 4. The molecule has 4 nitrogen and oxygen atoms in total. The zero-order valence-corrected chi connectivity index (χ0v) is 15.9. The van der Waals surface area contributed by atoms with Crippen LogP contribution in [-0.4, -0.2) is 15.9 Å². The molecule has 2 heterocycles. The zero-order valence-electron chi connectivity index (χ0n) is 15.9. The lowest BCUT2D eigenvalue weighted by Crippen LogP contribution is -2.14. The predicted octanol–water partition coefficient (Wildman–Crippen LogP) is 5.09. The number of aryl methyl sites for hydroxylation is 2. The standard InChI is InChI=1S/C24H21N3O/c1-16-11-17(2)13-19(12-16)24(28)27-23-22-6-4-3-5-21(22)20(15-26-23)14-18-7-9-25-10-8-18/h3-13,15H,14H2,1-2H3,(H,26,27,28). The maximum Gasteiger partial charge on any atom is 0.256 e. The molecule has 138 valence electrons. The van der Waals surface area contributed by atoms with Crippen LogP contribution in [0.2, 0.25) is 0 Å². The van der Waals surface area contributed by atoms with Crippen LogP contribution in [0.15, 0.2) is 73.2 Å². The number of pyridine rings is 2. The molecule has 2 aromatic carbocycles. The van der Waals surface area contributed by atoms with Crippen LogP contribution in [0.5, 0.6) is 0 Å². The van der Waals surface area contributed by atoms with Gasteiger partial charge in [-0.1, -0.05) is 41.5 Å². The van der Waals surface area contributed by atoms with Crippen molar-refractivity contribution in [3.05, 3.63) is 101 Å². The van der Waals surface area contributed by atoms with Crippen LogP contribution in [0, 0.1) is 13.8 Å². The van der Waals surface area contributed by atoms with Gasteiger partial charge in [0.25, 0.3) is 5.91 Å². The van der Waals surface area contributed by atoms with E-state index in [4.69, 9.17) is 0 Å². The second kappa shape index (κ2) is 7.61. The van der Waals surface area contributed by atoms with Gasteiger partial charge in [0, 0.05) is 29.5 Å². The predicted molar refractivity (Wildman–Crippen MR) is 113 cm³/mol. The average molecular weight is 367 g/mol. The molecule has 4 rings (SSSR count). The number of carbonyl (C=O) groups is 1. The van der Waals surface area contributed by atoms with E-state index >= 15 is 0 Å². The topological polar surface area (TPSA) is 54.9 Å². The minimum Gasteiger partial charge on any atom is -0.306 e. The van der Waals surface area contributed by atoms with Gasteiger partial charge < -0.3 is 5.32 Å². The molecule has 4 heteroatoms. The Hall–Kier alpha value is -3.53. The van der Waals surface area contributed by atoms with Gasteiger partial charge in [0.05, 0.1) is 0 Å². The Morgan fingerprint density at radius 3 is 2.32 bits per heavy atom. The molecule has 0 unspecified atom stereocenters. The van der Waals surface area contributed by atoms with Crippen molar-refractivity contribution in [1.82, 2.24) is 9.97 Å². The Balaban J connectivity index is 1.69. The molecule has 0 aliphatic carbocycles. The summed E-state index contributed by atoms with van der Waals surface area (Å²) in [4.78, 5) is 21.4. The van der Waals surface area contributed by atoms with E-state index in [-0.39, 0.29) is 5.91 Å². The quantitative estimate of drug-likeness (QED) is 0.547. The highest BCUT2D eigenvalue weighted by atomic mass is 16.1. The molecule has 1 N–H and O–H groups in total. The van der Waals surface area contributed by atoms with Crippen LogP contribution >= 0.6 is 0 Å². The van der Waals surface area contributed by atoms with Crippen LogP contribution in [-0.2, 0) is 6.42 Å². The van der Waals surface area contributed by atoms with Gasteiger partial charge in [0.15, 0.2) is 0 Å². The number of carbonyl (C=O) groups excluding carboxylic acids is 1. The highest BCUT2D eigenvalue weighted by molar-refractivity contribution is 6.08. The smallest absolute Gasteiger partial charge is 0.256 e. The van der Waals surface area contributed by atoms with Gasteiger partial charge in [-0.3, -0.25) is 9.78 Å². The van der Waals surface area contributed by atoms with Crippen LogP contribution in [0.3, 0.4) is 0 Å². The highest BCUT2D eigenvalue weighted by Crippen LogP contribution is 2.26. The Morgan fingerprint density at radius 2 is 1.61 bits per heavy atom. The number of hydrogen-bond donors (Lipinski definition) is 1. The van der Waals surface area contributed by atoms with Crippen molar-refractivity contribution in [3.63, 3.8) is 0 Å². The van der Waals surface area contributed by atoms with Gasteiger partial charge in [-0.2, -0.15) is 0 Å². The van der Waals surface area contributed by atoms with Crippen LogP contribution < -0.4 is 5.32 Å². The highest BCUT2D eigenvalue weighted by Gasteiger charge is 2.12. The number of nitrogens with zero attached hydrogens (tertiary/aromatic N) is 2. The van der Waals surface area contributed by atoms with Crippen molar-refractivity contribution < 1.29 is 4.79 Å². The molecule has 4 aromatic rings. The van der Waals surface area contributed by atoms with Crippen molar-refractivity contribution in [2.45, 2.75) is 20.3 Å². The minimum absolute atomic E-state index is 0.147. The maximum atomic E-state index is 12.8. The van der Waals surface area contributed by atoms with Crippen molar-refractivity contribution in [2.24, 2.45) is 0 Å². The maximum absolute atomic E-state index is 12.8. The zero-order chi connectivity index (χ0) is 19.5. The molecule has 1 amide bonds. The molecule has 0 aliphatic heterocycles. The van der Waals surface area contributed by atoms with Crippen LogP contribution in [0.4, 0.5) is 5.82 Å². The molecule has 0 spiro atoms.